The van der Waals surface area contributed by atoms with Gasteiger partial charge in [0.25, 0.3) is 13.4 Å². The Labute approximate surface area is 355 Å². The molecule has 0 amide bonds. The van der Waals surface area contributed by atoms with Crippen LogP contribution in [0.1, 0.15) is 0 Å². The molecular formula is C55H38B2N4. The van der Waals surface area contributed by atoms with E-state index in [0.717, 1.165) is 0 Å². The van der Waals surface area contributed by atoms with Crippen LogP contribution < -0.4 is 52.8 Å². The second-order valence-corrected chi connectivity index (χ2v) is 17.4. The molecule has 0 unspecified atom stereocenters. The quantitative estimate of drug-likeness (QED) is 0.168. The van der Waals surface area contributed by atoms with Crippen LogP contribution in [-0.2, 0) is 0 Å². The molecule has 4 heterocycles. The van der Waals surface area contributed by atoms with E-state index in [-0.39, 0.29) is 13.4 Å². The third kappa shape index (κ3) is 4.26. The lowest BCUT2D eigenvalue weighted by atomic mass is 9.32. The Bertz CT molecular complexity index is 3610. The standard InChI is InChI=1S/C55H38B2N4/c1-59-45-22-11-21-43-54(45)57(53-36-17-7-5-14-33(36)26-28-49(53)59)51-39-19-9-8-18-37(39)41(30-44(51)58-43)38-20-10-15-34-29-42-50(31-40(34)38)61(3)47-24-12-23-46-55(47)56(42)52-35-16-6-4-13-32(35)25-27-48(52)60(46)2/h4-31,58H,1-3H3. The number of anilines is 8. The molecule has 4 aliphatic heterocycles. The Kier molecular flexibility index (Phi) is 6.50. The van der Waals surface area contributed by atoms with Crippen molar-refractivity contribution < 1.29 is 0 Å². The zero-order valence-electron chi connectivity index (χ0n) is 34.2. The molecule has 0 aliphatic carbocycles. The minimum atomic E-state index is 0.0744. The number of hydrogen-bond donors (Lipinski definition) is 1. The lowest BCUT2D eigenvalue weighted by molar-refractivity contribution is 1.18. The van der Waals surface area contributed by atoms with Crippen molar-refractivity contribution in [1.29, 1.82) is 0 Å². The van der Waals surface area contributed by atoms with E-state index in [4.69, 9.17) is 0 Å². The largest absolute Gasteiger partial charge is 0.356 e. The summed E-state index contributed by atoms with van der Waals surface area (Å²) in [5.74, 6) is 0. The van der Waals surface area contributed by atoms with E-state index < -0.39 is 0 Å². The molecule has 0 fully saturated rings. The first-order valence-electron chi connectivity index (χ1n) is 21.4. The van der Waals surface area contributed by atoms with Gasteiger partial charge in [0.2, 0.25) is 0 Å². The van der Waals surface area contributed by atoms with Gasteiger partial charge < -0.3 is 20.0 Å². The zero-order valence-corrected chi connectivity index (χ0v) is 34.2. The first kappa shape index (κ1) is 33.4. The van der Waals surface area contributed by atoms with Gasteiger partial charge in [0.1, 0.15) is 0 Å². The summed E-state index contributed by atoms with van der Waals surface area (Å²) < 4.78 is 0. The van der Waals surface area contributed by atoms with E-state index in [1.54, 1.807) is 0 Å². The van der Waals surface area contributed by atoms with E-state index in [0.29, 0.717) is 0 Å². The smallest absolute Gasteiger partial charge is 0.253 e. The van der Waals surface area contributed by atoms with Gasteiger partial charge in [-0.05, 0) is 136 Å². The summed E-state index contributed by atoms with van der Waals surface area (Å²) in [5, 5.41) is 14.3. The highest BCUT2D eigenvalue weighted by Crippen LogP contribution is 2.43. The second kappa shape index (κ2) is 11.9. The lowest BCUT2D eigenvalue weighted by Crippen LogP contribution is -2.61. The highest BCUT2D eigenvalue weighted by atomic mass is 15.1. The predicted octanol–water partition coefficient (Wildman–Crippen LogP) is 9.30. The maximum absolute atomic E-state index is 4.01. The monoisotopic (exact) mass is 776 g/mol. The van der Waals surface area contributed by atoms with E-state index >= 15 is 0 Å². The molecule has 0 radical (unpaired) electrons. The van der Waals surface area contributed by atoms with Crippen molar-refractivity contribution in [2.75, 3.05) is 41.2 Å². The van der Waals surface area contributed by atoms with Crippen LogP contribution >= 0.6 is 0 Å². The van der Waals surface area contributed by atoms with Crippen molar-refractivity contribution in [1.82, 2.24) is 0 Å². The molecule has 14 rings (SSSR count). The zero-order chi connectivity index (χ0) is 40.2. The Morgan fingerprint density at radius 1 is 0.328 bits per heavy atom. The summed E-state index contributed by atoms with van der Waals surface area (Å²) in [7, 11) is 6.70. The van der Waals surface area contributed by atoms with Crippen molar-refractivity contribution >= 4 is 135 Å². The van der Waals surface area contributed by atoms with Crippen LogP contribution in [0.25, 0.3) is 54.2 Å². The summed E-state index contributed by atoms with van der Waals surface area (Å²) in [6.45, 7) is 0.181. The average molecular weight is 777 g/mol. The van der Waals surface area contributed by atoms with Crippen molar-refractivity contribution in [2.24, 2.45) is 0 Å². The lowest BCUT2D eigenvalue weighted by Gasteiger charge is -2.42. The van der Waals surface area contributed by atoms with Crippen LogP contribution in [0, 0.1) is 0 Å². The van der Waals surface area contributed by atoms with Crippen molar-refractivity contribution in [2.45, 2.75) is 0 Å². The number of hydrogen-bond acceptors (Lipinski definition) is 4. The third-order valence-corrected chi connectivity index (χ3v) is 14.6. The van der Waals surface area contributed by atoms with Gasteiger partial charge in [-0.1, -0.05) is 121 Å². The topological polar surface area (TPSA) is 21.8 Å². The molecule has 0 spiro atoms. The molecule has 4 nitrogen and oxygen atoms in total. The Morgan fingerprint density at radius 2 is 0.869 bits per heavy atom. The van der Waals surface area contributed by atoms with Gasteiger partial charge >= 0.3 is 0 Å². The second-order valence-electron chi connectivity index (χ2n) is 17.4. The van der Waals surface area contributed by atoms with Crippen LogP contribution in [-0.4, -0.2) is 34.6 Å². The molecule has 0 aromatic heterocycles. The SMILES string of the molecule is CN1c2cc3c(-c4cc5c(c6ccccc46)B4c6c(cccc6N(C)c6ccc7ccccc7c64)N5)cccc3cc2B2c3c1cccc3N(C)c1ccc3ccccc3c12. The fourth-order valence-electron chi connectivity index (χ4n) is 12.0. The molecule has 10 aromatic carbocycles. The number of rotatable bonds is 1. The number of nitrogens with one attached hydrogen (secondary N) is 1. The number of benzene rings is 10. The van der Waals surface area contributed by atoms with Crippen LogP contribution in [0.5, 0.6) is 0 Å². The fraction of sp³-hybridized carbons (Fsp3) is 0.0545. The fourth-order valence-corrected chi connectivity index (χ4v) is 12.0. The Hall–Kier alpha value is -7.43. The predicted molar refractivity (Wildman–Crippen MR) is 264 cm³/mol. The summed E-state index contributed by atoms with van der Waals surface area (Å²) in [5.41, 5.74) is 20.7. The normalized spacial score (nSPS) is 14.1. The number of fused-ring (bicyclic) bond motifs is 15. The van der Waals surface area contributed by atoms with Gasteiger partial charge in [-0.15, -0.1) is 0 Å². The van der Waals surface area contributed by atoms with Gasteiger partial charge in [0, 0.05) is 66.6 Å². The summed E-state index contributed by atoms with van der Waals surface area (Å²) in [4.78, 5) is 7.23. The van der Waals surface area contributed by atoms with Crippen LogP contribution in [0.15, 0.2) is 170 Å². The average Bonchev–Trinajstić information content (AvgIpc) is 3.31. The van der Waals surface area contributed by atoms with E-state index in [2.05, 4.69) is 211 Å². The van der Waals surface area contributed by atoms with Gasteiger partial charge in [-0.2, -0.15) is 0 Å². The Balaban J connectivity index is 1.02. The maximum atomic E-state index is 4.01. The molecule has 0 saturated heterocycles. The maximum Gasteiger partial charge on any atom is 0.253 e. The van der Waals surface area contributed by atoms with Crippen LogP contribution in [0.2, 0.25) is 0 Å². The molecule has 6 heteroatoms. The third-order valence-electron chi connectivity index (χ3n) is 14.6. The summed E-state index contributed by atoms with van der Waals surface area (Å²) in [6.07, 6.45) is 0. The summed E-state index contributed by atoms with van der Waals surface area (Å²) in [6, 6.07) is 64.1. The van der Waals surface area contributed by atoms with Gasteiger partial charge in [0.15, 0.2) is 0 Å². The highest BCUT2D eigenvalue weighted by Gasteiger charge is 2.43. The molecule has 1 N–H and O–H groups in total. The molecule has 4 aliphatic rings. The Morgan fingerprint density at radius 3 is 1.57 bits per heavy atom. The highest BCUT2D eigenvalue weighted by molar-refractivity contribution is 7.03. The molecule has 10 aromatic rings. The molecule has 0 saturated carbocycles. The minimum Gasteiger partial charge on any atom is -0.356 e. The van der Waals surface area contributed by atoms with Crippen LogP contribution in [0.4, 0.5) is 45.5 Å². The van der Waals surface area contributed by atoms with E-state index in [1.165, 1.54) is 132 Å². The van der Waals surface area contributed by atoms with Crippen LogP contribution in [0.3, 0.4) is 0 Å². The molecular weight excluding hydrogens is 738 g/mol. The van der Waals surface area contributed by atoms with Crippen molar-refractivity contribution in [3.8, 4) is 11.1 Å². The van der Waals surface area contributed by atoms with Gasteiger partial charge in [-0.25, -0.2) is 0 Å². The van der Waals surface area contributed by atoms with E-state index in [1.807, 2.05) is 0 Å². The molecule has 284 valence electrons. The first-order valence-corrected chi connectivity index (χ1v) is 21.4. The van der Waals surface area contributed by atoms with Gasteiger partial charge in [0.05, 0.1) is 0 Å². The molecule has 61 heavy (non-hydrogen) atoms. The first-order chi connectivity index (χ1) is 30.0. The summed E-state index contributed by atoms with van der Waals surface area (Å²) >= 11 is 0. The van der Waals surface area contributed by atoms with Crippen molar-refractivity contribution in [3.05, 3.63) is 170 Å². The van der Waals surface area contributed by atoms with Crippen molar-refractivity contribution in [3.63, 3.8) is 0 Å². The van der Waals surface area contributed by atoms with E-state index in [9.17, 15) is 0 Å². The molecule has 0 bridgehead atoms. The number of nitrogens with zero attached hydrogens (tertiary/aromatic N) is 3. The van der Waals surface area contributed by atoms with Gasteiger partial charge in [-0.3, -0.25) is 0 Å². The molecule has 0 atom stereocenters. The minimum absolute atomic E-state index is 0.0744.